The first kappa shape index (κ1) is 13.3. The average Bonchev–Trinajstić information content (AvgIpc) is 3.05. The van der Waals surface area contributed by atoms with E-state index in [1.807, 2.05) is 6.20 Å². The van der Waals surface area contributed by atoms with Gasteiger partial charge >= 0.3 is 0 Å². The van der Waals surface area contributed by atoms with Gasteiger partial charge in [-0.1, -0.05) is 30.3 Å². The summed E-state index contributed by atoms with van der Waals surface area (Å²) in [5, 5.41) is 1.13. The summed E-state index contributed by atoms with van der Waals surface area (Å²) in [6.07, 6.45) is 7.24. The van der Waals surface area contributed by atoms with Crippen molar-refractivity contribution in [1.82, 2.24) is 15.0 Å². The van der Waals surface area contributed by atoms with Crippen LogP contribution >= 0.6 is 0 Å². The number of rotatable bonds is 3. The van der Waals surface area contributed by atoms with Crippen LogP contribution in [0, 0.1) is 5.92 Å². The van der Waals surface area contributed by atoms with Gasteiger partial charge in [0, 0.05) is 19.3 Å². The van der Waals surface area contributed by atoms with Gasteiger partial charge in [0.2, 0.25) is 0 Å². The van der Waals surface area contributed by atoms with E-state index in [0.717, 1.165) is 35.9 Å². The van der Waals surface area contributed by atoms with E-state index in [1.54, 1.807) is 6.33 Å². The van der Waals surface area contributed by atoms with Crippen molar-refractivity contribution in [3.63, 3.8) is 0 Å². The molecule has 1 N–H and O–H groups in total. The van der Waals surface area contributed by atoms with Gasteiger partial charge in [0.25, 0.3) is 0 Å². The second kappa shape index (κ2) is 5.79. The summed E-state index contributed by atoms with van der Waals surface area (Å²) in [6, 6.07) is 12.9. The van der Waals surface area contributed by atoms with E-state index in [4.69, 9.17) is 0 Å². The third-order valence-corrected chi connectivity index (χ3v) is 4.61. The molecule has 0 aliphatic carbocycles. The highest BCUT2D eigenvalue weighted by Crippen LogP contribution is 2.28. The number of aromatic nitrogens is 3. The fourth-order valence-corrected chi connectivity index (χ4v) is 3.41. The van der Waals surface area contributed by atoms with Gasteiger partial charge in [-0.05, 0) is 36.8 Å². The molecule has 0 unspecified atom stereocenters. The summed E-state index contributed by atoms with van der Waals surface area (Å²) < 4.78 is 0. The van der Waals surface area contributed by atoms with E-state index >= 15 is 0 Å². The van der Waals surface area contributed by atoms with E-state index in [-0.39, 0.29) is 0 Å². The highest BCUT2D eigenvalue weighted by atomic mass is 15.2. The molecule has 0 saturated carbocycles. The number of benzene rings is 1. The Labute approximate surface area is 130 Å². The SMILES string of the molecule is c1ccc(CC2CCN(c3ncnc4[nH]ccc34)CC2)cc1. The fraction of sp³-hybridized carbons (Fsp3) is 0.333. The minimum absolute atomic E-state index is 0.780. The minimum Gasteiger partial charge on any atom is -0.356 e. The highest BCUT2D eigenvalue weighted by molar-refractivity contribution is 5.87. The van der Waals surface area contributed by atoms with E-state index in [2.05, 4.69) is 56.3 Å². The van der Waals surface area contributed by atoms with Crippen LogP contribution in [0.1, 0.15) is 18.4 Å². The Morgan fingerprint density at radius 3 is 2.68 bits per heavy atom. The van der Waals surface area contributed by atoms with Crippen LogP contribution in [0.2, 0.25) is 0 Å². The summed E-state index contributed by atoms with van der Waals surface area (Å²) in [5.74, 6) is 1.85. The number of hydrogen-bond donors (Lipinski definition) is 1. The summed E-state index contributed by atoms with van der Waals surface area (Å²) >= 11 is 0. The van der Waals surface area contributed by atoms with Gasteiger partial charge in [0.15, 0.2) is 0 Å². The maximum absolute atomic E-state index is 4.51. The lowest BCUT2D eigenvalue weighted by Crippen LogP contribution is -2.35. The lowest BCUT2D eigenvalue weighted by atomic mass is 9.90. The number of nitrogens with one attached hydrogen (secondary N) is 1. The topological polar surface area (TPSA) is 44.8 Å². The molecular formula is C18H20N4. The number of fused-ring (bicyclic) bond motifs is 1. The Hall–Kier alpha value is -2.36. The van der Waals surface area contributed by atoms with Gasteiger partial charge in [0.1, 0.15) is 17.8 Å². The van der Waals surface area contributed by atoms with Crippen molar-refractivity contribution < 1.29 is 0 Å². The molecule has 4 heteroatoms. The van der Waals surface area contributed by atoms with Gasteiger partial charge < -0.3 is 9.88 Å². The Morgan fingerprint density at radius 2 is 1.86 bits per heavy atom. The molecule has 0 atom stereocenters. The standard InChI is InChI=1S/C18H20N4/c1-2-4-14(5-3-1)12-15-7-10-22(11-8-15)18-16-6-9-19-17(16)20-13-21-18/h1-6,9,13,15H,7-8,10-12H2,(H,19,20,21). The molecule has 22 heavy (non-hydrogen) atoms. The van der Waals surface area contributed by atoms with Gasteiger partial charge in [-0.2, -0.15) is 0 Å². The van der Waals surface area contributed by atoms with Crippen molar-refractivity contribution in [3.8, 4) is 0 Å². The van der Waals surface area contributed by atoms with Crippen molar-refractivity contribution in [3.05, 3.63) is 54.5 Å². The molecule has 4 nitrogen and oxygen atoms in total. The zero-order chi connectivity index (χ0) is 14.8. The second-order valence-corrected chi connectivity index (χ2v) is 6.06. The van der Waals surface area contributed by atoms with Gasteiger partial charge in [-0.3, -0.25) is 0 Å². The summed E-state index contributed by atoms with van der Waals surface area (Å²) in [5.41, 5.74) is 2.38. The first-order valence-corrected chi connectivity index (χ1v) is 7.97. The highest BCUT2D eigenvalue weighted by Gasteiger charge is 2.22. The van der Waals surface area contributed by atoms with Crippen LogP contribution in [0.5, 0.6) is 0 Å². The van der Waals surface area contributed by atoms with E-state index in [0.29, 0.717) is 0 Å². The quantitative estimate of drug-likeness (QED) is 0.804. The van der Waals surface area contributed by atoms with E-state index in [1.165, 1.54) is 24.8 Å². The second-order valence-electron chi connectivity index (χ2n) is 6.06. The molecule has 1 saturated heterocycles. The maximum atomic E-state index is 4.51. The molecule has 1 aliphatic heterocycles. The number of nitrogens with zero attached hydrogens (tertiary/aromatic N) is 3. The van der Waals surface area contributed by atoms with Crippen LogP contribution in [0.4, 0.5) is 5.82 Å². The lowest BCUT2D eigenvalue weighted by molar-refractivity contribution is 0.402. The van der Waals surface area contributed by atoms with Gasteiger partial charge in [0.05, 0.1) is 5.39 Å². The van der Waals surface area contributed by atoms with Crippen LogP contribution in [0.15, 0.2) is 48.9 Å². The molecule has 1 aliphatic rings. The molecule has 0 bridgehead atoms. The van der Waals surface area contributed by atoms with Crippen LogP contribution < -0.4 is 4.90 Å². The Kier molecular flexibility index (Phi) is 3.51. The Morgan fingerprint density at radius 1 is 1.05 bits per heavy atom. The number of H-pyrrole nitrogens is 1. The lowest BCUT2D eigenvalue weighted by Gasteiger charge is -2.33. The van der Waals surface area contributed by atoms with Crippen molar-refractivity contribution in [2.24, 2.45) is 5.92 Å². The molecule has 0 spiro atoms. The van der Waals surface area contributed by atoms with Gasteiger partial charge in [-0.25, -0.2) is 9.97 Å². The van der Waals surface area contributed by atoms with Gasteiger partial charge in [-0.15, -0.1) is 0 Å². The predicted octanol–water partition coefficient (Wildman–Crippen LogP) is 3.42. The van der Waals surface area contributed by atoms with Crippen molar-refractivity contribution in [2.45, 2.75) is 19.3 Å². The normalized spacial score (nSPS) is 16.3. The monoisotopic (exact) mass is 292 g/mol. The Bertz CT molecular complexity index is 742. The molecule has 0 radical (unpaired) electrons. The molecule has 2 aromatic heterocycles. The van der Waals surface area contributed by atoms with E-state index in [9.17, 15) is 0 Å². The smallest absolute Gasteiger partial charge is 0.142 e. The average molecular weight is 292 g/mol. The first-order valence-electron chi connectivity index (χ1n) is 7.97. The maximum Gasteiger partial charge on any atom is 0.142 e. The van der Waals surface area contributed by atoms with Crippen LogP contribution in [-0.4, -0.2) is 28.0 Å². The van der Waals surface area contributed by atoms with Crippen LogP contribution in [-0.2, 0) is 6.42 Å². The molecule has 1 fully saturated rings. The molecule has 3 aromatic rings. The summed E-state index contributed by atoms with van der Waals surface area (Å²) in [4.78, 5) is 14.3. The summed E-state index contributed by atoms with van der Waals surface area (Å²) in [7, 11) is 0. The third kappa shape index (κ3) is 2.56. The molecule has 3 heterocycles. The molecule has 4 rings (SSSR count). The van der Waals surface area contributed by atoms with Crippen LogP contribution in [0.25, 0.3) is 11.0 Å². The predicted molar refractivity (Wildman–Crippen MR) is 89.0 cm³/mol. The molecule has 0 amide bonds. The molecule has 112 valence electrons. The van der Waals surface area contributed by atoms with Crippen molar-refractivity contribution in [2.75, 3.05) is 18.0 Å². The number of hydrogen-bond acceptors (Lipinski definition) is 3. The van der Waals surface area contributed by atoms with Crippen molar-refractivity contribution >= 4 is 16.9 Å². The first-order chi connectivity index (χ1) is 10.9. The number of anilines is 1. The third-order valence-electron chi connectivity index (χ3n) is 4.61. The summed E-state index contributed by atoms with van der Waals surface area (Å²) in [6.45, 7) is 2.16. The molecule has 1 aromatic carbocycles. The zero-order valence-electron chi connectivity index (χ0n) is 12.6. The zero-order valence-corrected chi connectivity index (χ0v) is 12.6. The number of aromatic amines is 1. The Balaban J connectivity index is 1.45. The largest absolute Gasteiger partial charge is 0.356 e. The fourth-order valence-electron chi connectivity index (χ4n) is 3.41. The molecular weight excluding hydrogens is 272 g/mol. The van der Waals surface area contributed by atoms with E-state index < -0.39 is 0 Å². The van der Waals surface area contributed by atoms with Crippen molar-refractivity contribution in [1.29, 1.82) is 0 Å². The van der Waals surface area contributed by atoms with Crippen LogP contribution in [0.3, 0.4) is 0 Å². The number of piperidine rings is 1. The minimum atomic E-state index is 0.780.